The molecule has 10 heteroatoms. The fourth-order valence-corrected chi connectivity index (χ4v) is 2.85. The number of ether oxygens (including phenoxy) is 1. The van der Waals surface area contributed by atoms with Gasteiger partial charge in [0, 0.05) is 12.7 Å². The van der Waals surface area contributed by atoms with E-state index in [0.29, 0.717) is 34.6 Å². The molecule has 26 heavy (non-hydrogen) atoms. The molecule has 1 aliphatic rings. The zero-order valence-corrected chi connectivity index (χ0v) is 15.4. The van der Waals surface area contributed by atoms with E-state index in [1.165, 1.54) is 4.90 Å². The number of hydrogen-bond acceptors (Lipinski definition) is 7. The van der Waals surface area contributed by atoms with E-state index < -0.39 is 12.1 Å². The normalized spacial score (nSPS) is 16.0. The second-order valence-electron chi connectivity index (χ2n) is 5.68. The van der Waals surface area contributed by atoms with Crippen molar-refractivity contribution in [1.29, 1.82) is 0 Å². The van der Waals surface area contributed by atoms with Gasteiger partial charge in [-0.25, -0.2) is 4.79 Å². The molecule has 0 radical (unpaired) electrons. The van der Waals surface area contributed by atoms with Gasteiger partial charge >= 0.3 is 6.03 Å². The van der Waals surface area contributed by atoms with Crippen LogP contribution in [0.25, 0.3) is 0 Å². The second kappa shape index (κ2) is 7.65. The zero-order valence-electron chi connectivity index (χ0n) is 14.6. The Morgan fingerprint density at radius 3 is 3.00 bits per heavy atom. The average Bonchev–Trinajstić information content (AvgIpc) is 3.07. The van der Waals surface area contributed by atoms with Gasteiger partial charge in [0.1, 0.15) is 5.75 Å². The molecule has 0 aliphatic carbocycles. The summed E-state index contributed by atoms with van der Waals surface area (Å²) in [6.07, 6.45) is 1.41. The number of anilines is 2. The lowest BCUT2D eigenvalue weighted by atomic mass is 10.2. The van der Waals surface area contributed by atoms with Gasteiger partial charge in [-0.1, -0.05) is 5.16 Å². The summed E-state index contributed by atoms with van der Waals surface area (Å²) in [5, 5.41) is 9.16. The maximum Gasteiger partial charge on any atom is 0.319 e. The lowest BCUT2D eigenvalue weighted by Gasteiger charge is -2.30. The van der Waals surface area contributed by atoms with Crippen molar-refractivity contribution in [3.63, 3.8) is 0 Å². The van der Waals surface area contributed by atoms with Crippen LogP contribution in [0.15, 0.2) is 22.7 Å². The van der Waals surface area contributed by atoms with Gasteiger partial charge in [0.25, 0.3) is 5.91 Å². The number of urea groups is 1. The maximum absolute atomic E-state index is 12.1. The molecule has 3 rings (SSSR count). The third-order valence-electron chi connectivity index (χ3n) is 3.74. The van der Waals surface area contributed by atoms with Crippen LogP contribution in [0.5, 0.6) is 5.75 Å². The number of thioether (sulfide) groups is 1. The van der Waals surface area contributed by atoms with Crippen LogP contribution in [0.1, 0.15) is 18.6 Å². The van der Waals surface area contributed by atoms with Crippen molar-refractivity contribution in [2.45, 2.75) is 25.3 Å². The van der Waals surface area contributed by atoms with E-state index in [2.05, 4.69) is 20.8 Å². The molecule has 1 unspecified atom stereocenters. The number of aromatic nitrogens is 2. The minimum absolute atomic E-state index is 0.122. The molecule has 0 bridgehead atoms. The molecule has 1 atom stereocenters. The van der Waals surface area contributed by atoms with E-state index in [1.807, 2.05) is 6.26 Å². The maximum atomic E-state index is 12.1. The minimum atomic E-state index is -0.528. The van der Waals surface area contributed by atoms with E-state index in [-0.39, 0.29) is 12.5 Å². The Morgan fingerprint density at radius 2 is 2.23 bits per heavy atom. The van der Waals surface area contributed by atoms with E-state index in [0.717, 1.165) is 0 Å². The largest absolute Gasteiger partial charge is 0.479 e. The highest BCUT2D eigenvalue weighted by molar-refractivity contribution is 7.97. The van der Waals surface area contributed by atoms with Gasteiger partial charge in [-0.2, -0.15) is 16.7 Å². The number of hydrogen-bond donors (Lipinski definition) is 2. The van der Waals surface area contributed by atoms with Gasteiger partial charge in [0.2, 0.25) is 5.89 Å². The van der Waals surface area contributed by atoms with Gasteiger partial charge in [0.05, 0.1) is 18.0 Å². The molecule has 2 heterocycles. The summed E-state index contributed by atoms with van der Waals surface area (Å²) in [6.45, 7) is 1.82. The van der Waals surface area contributed by atoms with Crippen LogP contribution >= 0.6 is 11.8 Å². The highest BCUT2D eigenvalue weighted by Crippen LogP contribution is 2.35. The van der Waals surface area contributed by atoms with Crippen molar-refractivity contribution in [2.75, 3.05) is 23.5 Å². The molecule has 1 aromatic carbocycles. The molecular weight excluding hydrogens is 358 g/mol. The molecular formula is C16H19N5O4S. The fourth-order valence-electron chi connectivity index (χ4n) is 2.47. The third-order valence-corrected chi connectivity index (χ3v) is 4.29. The summed E-state index contributed by atoms with van der Waals surface area (Å²) in [6, 6.07) is 4.69. The number of carbonyl (C=O) groups excluding carboxylic acids is 2. The van der Waals surface area contributed by atoms with E-state index >= 15 is 0 Å². The lowest BCUT2D eigenvalue weighted by molar-refractivity contribution is -0.125. The van der Waals surface area contributed by atoms with Gasteiger partial charge in [-0.15, -0.1) is 0 Å². The Kier molecular flexibility index (Phi) is 5.31. The summed E-state index contributed by atoms with van der Waals surface area (Å²) in [7, 11) is 1.67. The van der Waals surface area contributed by atoms with Crippen molar-refractivity contribution in [3.05, 3.63) is 29.9 Å². The summed E-state index contributed by atoms with van der Waals surface area (Å²) in [5.74, 6) is 2.03. The number of amides is 3. The molecule has 2 N–H and O–H groups in total. The number of fused-ring (bicyclic) bond motifs is 1. The second-order valence-corrected chi connectivity index (χ2v) is 6.55. The molecule has 1 aliphatic heterocycles. The number of carbonyl (C=O) groups is 2. The standard InChI is InChI=1S/C16H19N5O4S/c1-9-15(22)21(2)11-6-10(4-5-12(11)24-9)18-16(23)17-7-14-19-13(8-26-3)20-25-14/h4-6,9H,7-8H2,1-3H3,(H2,17,18,23). The Labute approximate surface area is 154 Å². The highest BCUT2D eigenvalue weighted by Gasteiger charge is 2.29. The van der Waals surface area contributed by atoms with Crippen LogP contribution in [0, 0.1) is 0 Å². The monoisotopic (exact) mass is 377 g/mol. The van der Waals surface area contributed by atoms with Crippen LogP contribution in [0.4, 0.5) is 16.2 Å². The van der Waals surface area contributed by atoms with E-state index in [4.69, 9.17) is 9.26 Å². The first-order valence-corrected chi connectivity index (χ1v) is 9.31. The van der Waals surface area contributed by atoms with Crippen LogP contribution < -0.4 is 20.3 Å². The first kappa shape index (κ1) is 18.1. The average molecular weight is 377 g/mol. The van der Waals surface area contributed by atoms with Crippen molar-refractivity contribution >= 4 is 35.1 Å². The summed E-state index contributed by atoms with van der Waals surface area (Å²) in [5.41, 5.74) is 1.14. The highest BCUT2D eigenvalue weighted by atomic mass is 32.2. The summed E-state index contributed by atoms with van der Waals surface area (Å²) in [4.78, 5) is 29.7. The molecule has 138 valence electrons. The summed E-state index contributed by atoms with van der Waals surface area (Å²) >= 11 is 1.58. The topological polar surface area (TPSA) is 110 Å². The van der Waals surface area contributed by atoms with Crippen LogP contribution in [-0.4, -0.2) is 41.5 Å². The zero-order chi connectivity index (χ0) is 18.7. The number of likely N-dealkylation sites (N-methyl/N-ethyl adjacent to an activating group) is 1. The molecule has 1 aromatic heterocycles. The molecule has 0 spiro atoms. The van der Waals surface area contributed by atoms with Gasteiger partial charge in [0.15, 0.2) is 11.9 Å². The van der Waals surface area contributed by atoms with Crippen molar-refractivity contribution in [3.8, 4) is 5.75 Å². The van der Waals surface area contributed by atoms with Crippen molar-refractivity contribution < 1.29 is 18.8 Å². The molecule has 2 aromatic rings. The van der Waals surface area contributed by atoms with Crippen molar-refractivity contribution in [1.82, 2.24) is 15.5 Å². The number of nitrogens with zero attached hydrogens (tertiary/aromatic N) is 3. The van der Waals surface area contributed by atoms with E-state index in [1.54, 1.807) is 43.9 Å². The Bertz CT molecular complexity index is 825. The molecule has 3 amide bonds. The summed E-state index contributed by atoms with van der Waals surface area (Å²) < 4.78 is 10.6. The minimum Gasteiger partial charge on any atom is -0.479 e. The Morgan fingerprint density at radius 1 is 1.42 bits per heavy atom. The Balaban J connectivity index is 1.60. The quantitative estimate of drug-likeness (QED) is 0.820. The van der Waals surface area contributed by atoms with Gasteiger partial charge in [-0.3, -0.25) is 4.79 Å². The van der Waals surface area contributed by atoms with Crippen LogP contribution in [0.2, 0.25) is 0 Å². The fraction of sp³-hybridized carbons (Fsp3) is 0.375. The smallest absolute Gasteiger partial charge is 0.319 e. The third kappa shape index (κ3) is 3.90. The van der Waals surface area contributed by atoms with Crippen LogP contribution in [-0.2, 0) is 17.1 Å². The molecule has 9 nitrogen and oxygen atoms in total. The predicted octanol–water partition coefficient (Wildman–Crippen LogP) is 2.00. The number of rotatable bonds is 5. The Hall–Kier alpha value is -2.75. The molecule has 0 fully saturated rings. The first-order chi connectivity index (χ1) is 12.5. The predicted molar refractivity (Wildman–Crippen MR) is 97.3 cm³/mol. The first-order valence-electron chi connectivity index (χ1n) is 7.91. The van der Waals surface area contributed by atoms with Gasteiger partial charge in [-0.05, 0) is 31.4 Å². The number of benzene rings is 1. The van der Waals surface area contributed by atoms with E-state index in [9.17, 15) is 9.59 Å². The lowest BCUT2D eigenvalue weighted by Crippen LogP contribution is -2.42. The van der Waals surface area contributed by atoms with Gasteiger partial charge < -0.3 is 24.8 Å². The number of nitrogens with one attached hydrogen (secondary N) is 2. The molecule has 0 saturated heterocycles. The SMILES string of the molecule is CSCc1noc(CNC(=O)Nc2ccc3c(c2)N(C)C(=O)C(C)O3)n1. The van der Waals surface area contributed by atoms with Crippen LogP contribution in [0.3, 0.4) is 0 Å². The molecule has 0 saturated carbocycles. The van der Waals surface area contributed by atoms with Crippen molar-refractivity contribution in [2.24, 2.45) is 0 Å².